The fraction of sp³-hybridized carbons (Fsp3) is 0.500. The monoisotopic (exact) mass is 300 g/mol. The van der Waals surface area contributed by atoms with E-state index in [1.54, 1.807) is 7.11 Å². The van der Waals surface area contributed by atoms with Gasteiger partial charge in [-0.25, -0.2) is 0 Å². The molecule has 1 amide bonds. The van der Waals surface area contributed by atoms with Crippen LogP contribution in [0.5, 0.6) is 0 Å². The second kappa shape index (κ2) is 6.53. The van der Waals surface area contributed by atoms with E-state index in [0.717, 1.165) is 32.4 Å². The minimum absolute atomic E-state index is 0.131. The number of aromatic nitrogens is 1. The number of aromatic amines is 1. The summed E-state index contributed by atoms with van der Waals surface area (Å²) in [5.41, 5.74) is 3.76. The van der Waals surface area contributed by atoms with Gasteiger partial charge in [0.2, 0.25) is 5.91 Å². The van der Waals surface area contributed by atoms with Crippen LogP contribution in [0, 0.1) is 0 Å². The maximum Gasteiger partial charge on any atom is 0.223 e. The van der Waals surface area contributed by atoms with Crippen LogP contribution < -0.4 is 0 Å². The van der Waals surface area contributed by atoms with Gasteiger partial charge < -0.3 is 14.6 Å². The fourth-order valence-electron chi connectivity index (χ4n) is 3.44. The number of rotatable bonds is 5. The molecule has 0 saturated carbocycles. The van der Waals surface area contributed by atoms with Crippen molar-refractivity contribution in [1.29, 1.82) is 0 Å². The van der Waals surface area contributed by atoms with Crippen molar-refractivity contribution in [2.45, 2.75) is 38.6 Å². The Morgan fingerprint density at radius 3 is 3.00 bits per heavy atom. The van der Waals surface area contributed by atoms with Gasteiger partial charge in [0, 0.05) is 43.3 Å². The van der Waals surface area contributed by atoms with Crippen molar-refractivity contribution < 1.29 is 9.53 Å². The first-order valence-electron chi connectivity index (χ1n) is 8.10. The number of benzene rings is 1. The molecule has 0 aliphatic carbocycles. The van der Waals surface area contributed by atoms with E-state index in [-0.39, 0.29) is 11.9 Å². The summed E-state index contributed by atoms with van der Waals surface area (Å²) in [6, 6.07) is 8.53. The van der Waals surface area contributed by atoms with Gasteiger partial charge in [0.15, 0.2) is 0 Å². The molecule has 1 aromatic carbocycles. The predicted molar refractivity (Wildman–Crippen MR) is 87.9 cm³/mol. The lowest BCUT2D eigenvalue weighted by Gasteiger charge is -2.33. The first-order chi connectivity index (χ1) is 10.7. The minimum Gasteiger partial charge on any atom is -0.385 e. The fourth-order valence-corrected chi connectivity index (χ4v) is 3.44. The summed E-state index contributed by atoms with van der Waals surface area (Å²) in [5, 5.41) is 1.30. The average molecular weight is 300 g/mol. The van der Waals surface area contributed by atoms with Gasteiger partial charge in [0.1, 0.15) is 0 Å². The number of hydrogen-bond donors (Lipinski definition) is 1. The summed E-state index contributed by atoms with van der Waals surface area (Å²) < 4.78 is 5.04. The van der Waals surface area contributed by atoms with Crippen molar-refractivity contribution >= 4 is 16.8 Å². The molecule has 2 heterocycles. The quantitative estimate of drug-likeness (QED) is 0.860. The van der Waals surface area contributed by atoms with E-state index in [1.165, 1.54) is 22.2 Å². The maximum absolute atomic E-state index is 12.5. The molecule has 0 radical (unpaired) electrons. The highest BCUT2D eigenvalue weighted by atomic mass is 16.5. The molecular formula is C18H24N2O2. The highest BCUT2D eigenvalue weighted by Gasteiger charge is 2.29. The third kappa shape index (κ3) is 2.75. The molecule has 0 spiro atoms. The molecule has 1 aromatic heterocycles. The molecule has 3 rings (SSSR count). The summed E-state index contributed by atoms with van der Waals surface area (Å²) in [5.74, 6) is 0.257. The number of unbranched alkanes of at least 4 members (excludes halogenated alkanes) is 1. The van der Waals surface area contributed by atoms with Crippen molar-refractivity contribution in [3.05, 3.63) is 35.5 Å². The molecule has 1 atom stereocenters. The van der Waals surface area contributed by atoms with Crippen molar-refractivity contribution in [2.75, 3.05) is 20.3 Å². The number of amides is 1. The largest absolute Gasteiger partial charge is 0.385 e. The van der Waals surface area contributed by atoms with Crippen molar-refractivity contribution in [3.63, 3.8) is 0 Å². The molecule has 4 nitrogen and oxygen atoms in total. The van der Waals surface area contributed by atoms with Gasteiger partial charge in [0.25, 0.3) is 0 Å². The molecule has 1 aliphatic heterocycles. The first kappa shape index (κ1) is 15.1. The van der Waals surface area contributed by atoms with Gasteiger partial charge in [-0.05, 0) is 37.8 Å². The predicted octanol–water partition coefficient (Wildman–Crippen LogP) is 3.43. The molecule has 4 heteroatoms. The van der Waals surface area contributed by atoms with E-state index in [9.17, 15) is 4.79 Å². The zero-order chi connectivity index (χ0) is 15.5. The number of hydrogen-bond acceptors (Lipinski definition) is 2. The number of para-hydroxylation sites is 1. The molecule has 22 heavy (non-hydrogen) atoms. The lowest BCUT2D eigenvalue weighted by molar-refractivity contribution is -0.134. The summed E-state index contributed by atoms with van der Waals surface area (Å²) in [4.78, 5) is 18.0. The molecule has 0 fully saturated rings. The van der Waals surface area contributed by atoms with Crippen LogP contribution in [0.3, 0.4) is 0 Å². The Morgan fingerprint density at radius 1 is 1.36 bits per heavy atom. The lowest BCUT2D eigenvalue weighted by Crippen LogP contribution is -2.38. The van der Waals surface area contributed by atoms with Crippen LogP contribution in [0.4, 0.5) is 0 Å². The van der Waals surface area contributed by atoms with Crippen LogP contribution in [0.25, 0.3) is 10.9 Å². The summed E-state index contributed by atoms with van der Waals surface area (Å²) in [7, 11) is 1.70. The van der Waals surface area contributed by atoms with E-state index in [4.69, 9.17) is 4.74 Å². The Hall–Kier alpha value is -1.81. The molecule has 1 aliphatic rings. The zero-order valence-corrected chi connectivity index (χ0v) is 13.4. The van der Waals surface area contributed by atoms with E-state index < -0.39 is 0 Å². The number of ether oxygens (including phenoxy) is 1. The third-order valence-corrected chi connectivity index (χ3v) is 4.64. The first-order valence-corrected chi connectivity index (χ1v) is 8.10. The maximum atomic E-state index is 12.5. The zero-order valence-electron chi connectivity index (χ0n) is 13.4. The van der Waals surface area contributed by atoms with Crippen molar-refractivity contribution in [1.82, 2.24) is 9.88 Å². The molecule has 0 unspecified atom stereocenters. The Morgan fingerprint density at radius 2 is 2.18 bits per heavy atom. The van der Waals surface area contributed by atoms with Gasteiger partial charge in [-0.1, -0.05) is 18.2 Å². The normalized spacial score (nSPS) is 17.7. The number of nitrogens with zero attached hydrogens (tertiary/aromatic N) is 1. The van der Waals surface area contributed by atoms with Gasteiger partial charge in [-0.3, -0.25) is 4.79 Å². The van der Waals surface area contributed by atoms with Gasteiger partial charge in [-0.2, -0.15) is 0 Å². The van der Waals surface area contributed by atoms with Crippen LogP contribution in [0.2, 0.25) is 0 Å². The topological polar surface area (TPSA) is 45.3 Å². The van der Waals surface area contributed by atoms with Gasteiger partial charge in [0.05, 0.1) is 6.04 Å². The minimum atomic E-state index is 0.131. The van der Waals surface area contributed by atoms with Crippen molar-refractivity contribution in [2.24, 2.45) is 0 Å². The van der Waals surface area contributed by atoms with Crippen LogP contribution >= 0.6 is 0 Å². The molecule has 1 N–H and O–H groups in total. The van der Waals surface area contributed by atoms with E-state index in [2.05, 4.69) is 30.1 Å². The SMILES string of the molecule is COCCCCC(=O)N1CCc2c([nH]c3ccccc23)[C@@H]1C. The van der Waals surface area contributed by atoms with E-state index in [0.29, 0.717) is 6.42 Å². The second-order valence-electron chi connectivity index (χ2n) is 6.03. The second-order valence-corrected chi connectivity index (χ2v) is 6.03. The molecule has 2 aromatic rings. The molecular weight excluding hydrogens is 276 g/mol. The van der Waals surface area contributed by atoms with Crippen LogP contribution in [0.15, 0.2) is 24.3 Å². The van der Waals surface area contributed by atoms with Gasteiger partial charge in [-0.15, -0.1) is 0 Å². The number of methoxy groups -OCH3 is 1. The average Bonchev–Trinajstić information content (AvgIpc) is 2.91. The van der Waals surface area contributed by atoms with E-state index >= 15 is 0 Å². The Balaban J connectivity index is 1.73. The number of fused-ring (bicyclic) bond motifs is 3. The van der Waals surface area contributed by atoms with Gasteiger partial charge >= 0.3 is 0 Å². The smallest absolute Gasteiger partial charge is 0.223 e. The number of nitrogens with one attached hydrogen (secondary N) is 1. The summed E-state index contributed by atoms with van der Waals surface area (Å²) in [6.07, 6.45) is 3.40. The Labute approximate surface area is 131 Å². The molecule has 0 saturated heterocycles. The number of carbonyl (C=O) groups is 1. The Bertz CT molecular complexity index is 662. The van der Waals surface area contributed by atoms with Crippen LogP contribution in [-0.2, 0) is 16.0 Å². The Kier molecular flexibility index (Phi) is 4.48. The van der Waals surface area contributed by atoms with Crippen LogP contribution in [0.1, 0.15) is 43.5 Å². The van der Waals surface area contributed by atoms with Crippen LogP contribution in [-0.4, -0.2) is 36.1 Å². The lowest BCUT2D eigenvalue weighted by atomic mass is 9.98. The summed E-state index contributed by atoms with van der Waals surface area (Å²) >= 11 is 0. The number of carbonyl (C=O) groups excluding carboxylic acids is 1. The standard InChI is InChI=1S/C18H24N2O2/c1-13-18-15(14-7-3-4-8-16(14)19-18)10-11-20(13)17(21)9-5-6-12-22-2/h3-4,7-8,13,19H,5-6,9-12H2,1-2H3/t13-/m0/s1. The third-order valence-electron chi connectivity index (χ3n) is 4.64. The molecule has 118 valence electrons. The van der Waals surface area contributed by atoms with E-state index in [1.807, 2.05) is 11.0 Å². The van der Waals surface area contributed by atoms with Crippen molar-refractivity contribution in [3.8, 4) is 0 Å². The highest BCUT2D eigenvalue weighted by molar-refractivity contribution is 5.86. The highest BCUT2D eigenvalue weighted by Crippen LogP contribution is 2.34. The summed E-state index contributed by atoms with van der Waals surface area (Å²) in [6.45, 7) is 3.68. The number of H-pyrrole nitrogens is 1. The molecule has 0 bridgehead atoms.